The standard InChI is InChI=1S/C22H19N3O5/c26-17(12-23-15-7-5-14(6-8-15)22(27)28)13-24-20-4-2-1-3-18(20)19-11-16(25(29)30)9-10-21(19)24/h1-11,17,23,26H,12-13H2,(H,27,28). The van der Waals surface area contributed by atoms with E-state index in [1.165, 1.54) is 18.2 Å². The van der Waals surface area contributed by atoms with Gasteiger partial charge in [-0.1, -0.05) is 18.2 Å². The lowest BCUT2D eigenvalue weighted by Crippen LogP contribution is -2.24. The maximum atomic E-state index is 11.2. The minimum atomic E-state index is -0.992. The summed E-state index contributed by atoms with van der Waals surface area (Å²) < 4.78 is 1.95. The molecule has 0 radical (unpaired) electrons. The summed E-state index contributed by atoms with van der Waals surface area (Å²) >= 11 is 0. The molecule has 4 aromatic rings. The van der Waals surface area contributed by atoms with Gasteiger partial charge >= 0.3 is 5.97 Å². The van der Waals surface area contributed by atoms with Gasteiger partial charge in [0.05, 0.1) is 23.1 Å². The molecule has 1 heterocycles. The van der Waals surface area contributed by atoms with Crippen LogP contribution >= 0.6 is 0 Å². The highest BCUT2D eigenvalue weighted by Crippen LogP contribution is 2.31. The number of anilines is 1. The molecule has 0 aliphatic carbocycles. The van der Waals surface area contributed by atoms with E-state index in [0.717, 1.165) is 21.8 Å². The van der Waals surface area contributed by atoms with E-state index in [2.05, 4.69) is 5.32 Å². The van der Waals surface area contributed by atoms with Gasteiger partial charge in [-0.2, -0.15) is 0 Å². The highest BCUT2D eigenvalue weighted by atomic mass is 16.6. The van der Waals surface area contributed by atoms with Crippen molar-refractivity contribution in [1.29, 1.82) is 0 Å². The Morgan fingerprint density at radius 1 is 1.03 bits per heavy atom. The first-order valence-corrected chi connectivity index (χ1v) is 9.34. The molecule has 1 atom stereocenters. The lowest BCUT2D eigenvalue weighted by Gasteiger charge is -2.15. The number of hydrogen-bond donors (Lipinski definition) is 3. The van der Waals surface area contributed by atoms with Crippen molar-refractivity contribution in [3.63, 3.8) is 0 Å². The van der Waals surface area contributed by atoms with Crippen LogP contribution in [0.5, 0.6) is 0 Å². The van der Waals surface area contributed by atoms with E-state index >= 15 is 0 Å². The van der Waals surface area contributed by atoms with Crippen LogP contribution in [0.1, 0.15) is 10.4 Å². The summed E-state index contributed by atoms with van der Waals surface area (Å²) in [4.78, 5) is 21.7. The predicted molar refractivity (Wildman–Crippen MR) is 114 cm³/mol. The number of fused-ring (bicyclic) bond motifs is 3. The Kier molecular flexibility index (Phi) is 5.07. The zero-order valence-electron chi connectivity index (χ0n) is 15.9. The van der Waals surface area contributed by atoms with E-state index in [0.29, 0.717) is 12.2 Å². The fourth-order valence-corrected chi connectivity index (χ4v) is 3.59. The van der Waals surface area contributed by atoms with E-state index in [-0.39, 0.29) is 17.8 Å². The normalized spacial score (nSPS) is 12.2. The number of aliphatic hydroxyl groups excluding tert-OH is 1. The van der Waals surface area contributed by atoms with Gasteiger partial charge in [0.2, 0.25) is 0 Å². The minimum Gasteiger partial charge on any atom is -0.478 e. The smallest absolute Gasteiger partial charge is 0.335 e. The maximum Gasteiger partial charge on any atom is 0.335 e. The third kappa shape index (κ3) is 3.68. The first kappa shape index (κ1) is 19.4. The third-order valence-corrected chi connectivity index (χ3v) is 5.03. The molecule has 0 fully saturated rings. The molecule has 4 rings (SSSR count). The number of carboxylic acids is 1. The molecule has 0 amide bonds. The van der Waals surface area contributed by atoms with Crippen LogP contribution in [0.25, 0.3) is 21.8 Å². The number of para-hydroxylation sites is 1. The fraction of sp³-hybridized carbons (Fsp3) is 0.136. The van der Waals surface area contributed by atoms with E-state index in [9.17, 15) is 20.0 Å². The Morgan fingerprint density at radius 3 is 2.43 bits per heavy atom. The molecular formula is C22H19N3O5. The van der Waals surface area contributed by atoms with Gasteiger partial charge in [-0.25, -0.2) is 4.79 Å². The summed E-state index contributed by atoms with van der Waals surface area (Å²) in [6.45, 7) is 0.551. The highest BCUT2D eigenvalue weighted by molar-refractivity contribution is 6.08. The number of aliphatic hydroxyl groups is 1. The molecule has 3 N–H and O–H groups in total. The zero-order chi connectivity index (χ0) is 21.3. The summed E-state index contributed by atoms with van der Waals surface area (Å²) in [6, 6.07) is 18.6. The second-order valence-corrected chi connectivity index (χ2v) is 7.00. The average molecular weight is 405 g/mol. The van der Waals surface area contributed by atoms with Gasteiger partial charge in [0.25, 0.3) is 5.69 Å². The highest BCUT2D eigenvalue weighted by Gasteiger charge is 2.16. The number of rotatable bonds is 7. The number of carbonyl (C=O) groups is 1. The van der Waals surface area contributed by atoms with Crippen LogP contribution in [-0.2, 0) is 6.54 Å². The van der Waals surface area contributed by atoms with Crippen LogP contribution in [0.4, 0.5) is 11.4 Å². The SMILES string of the molecule is O=C(O)c1ccc(NCC(O)Cn2c3ccccc3c3cc([N+](=O)[O-])ccc32)cc1. The number of hydrogen-bond acceptors (Lipinski definition) is 5. The predicted octanol–water partition coefficient (Wildman–Crippen LogP) is 3.87. The van der Waals surface area contributed by atoms with E-state index in [1.807, 2.05) is 28.8 Å². The molecule has 30 heavy (non-hydrogen) atoms. The molecule has 3 aromatic carbocycles. The molecule has 8 nitrogen and oxygen atoms in total. The third-order valence-electron chi connectivity index (χ3n) is 5.03. The van der Waals surface area contributed by atoms with E-state index in [4.69, 9.17) is 5.11 Å². The summed E-state index contributed by atoms with van der Waals surface area (Å²) in [5.41, 5.74) is 2.62. The number of nitrogens with one attached hydrogen (secondary N) is 1. The molecule has 0 aliphatic rings. The van der Waals surface area contributed by atoms with Crippen LogP contribution in [0, 0.1) is 10.1 Å². The van der Waals surface area contributed by atoms with E-state index in [1.54, 1.807) is 24.3 Å². The average Bonchev–Trinajstić information content (AvgIpc) is 3.05. The van der Waals surface area contributed by atoms with Gasteiger partial charge in [-0.05, 0) is 36.4 Å². The molecule has 1 aromatic heterocycles. The van der Waals surface area contributed by atoms with Crippen molar-refractivity contribution in [3.05, 3.63) is 82.4 Å². The molecule has 0 bridgehead atoms. The van der Waals surface area contributed by atoms with Crippen molar-refractivity contribution in [3.8, 4) is 0 Å². The van der Waals surface area contributed by atoms with Crippen molar-refractivity contribution >= 4 is 39.1 Å². The van der Waals surface area contributed by atoms with Crippen molar-refractivity contribution < 1.29 is 19.9 Å². The number of nitrogens with zero attached hydrogens (tertiary/aromatic N) is 2. The number of carboxylic acid groups (broad SMARTS) is 1. The summed E-state index contributed by atoms with van der Waals surface area (Å²) in [6.07, 6.45) is -0.738. The van der Waals surface area contributed by atoms with Crippen molar-refractivity contribution in [2.24, 2.45) is 0 Å². The van der Waals surface area contributed by atoms with Gasteiger partial charge < -0.3 is 20.1 Å². The Bertz CT molecular complexity index is 1250. The summed E-state index contributed by atoms with van der Waals surface area (Å²) in [5.74, 6) is -0.992. The maximum absolute atomic E-state index is 11.2. The van der Waals surface area contributed by atoms with Gasteiger partial charge in [0.15, 0.2) is 0 Å². The number of non-ortho nitro benzene ring substituents is 1. The van der Waals surface area contributed by atoms with E-state index < -0.39 is 17.0 Å². The summed E-state index contributed by atoms with van der Waals surface area (Å²) in [7, 11) is 0. The van der Waals surface area contributed by atoms with Crippen LogP contribution in [0.3, 0.4) is 0 Å². The van der Waals surface area contributed by atoms with Gasteiger partial charge in [0, 0.05) is 46.2 Å². The first-order valence-electron chi connectivity index (χ1n) is 9.34. The first-order chi connectivity index (χ1) is 14.4. The monoisotopic (exact) mass is 405 g/mol. The molecule has 0 aliphatic heterocycles. The van der Waals surface area contributed by atoms with Crippen LogP contribution < -0.4 is 5.32 Å². The van der Waals surface area contributed by atoms with Gasteiger partial charge in [-0.3, -0.25) is 10.1 Å². The largest absolute Gasteiger partial charge is 0.478 e. The number of benzene rings is 3. The summed E-state index contributed by atoms with van der Waals surface area (Å²) in [5, 5.41) is 35.5. The number of aromatic nitrogens is 1. The second kappa shape index (κ2) is 7.84. The fourth-order valence-electron chi connectivity index (χ4n) is 3.59. The molecule has 8 heteroatoms. The lowest BCUT2D eigenvalue weighted by atomic mass is 10.1. The molecule has 1 unspecified atom stereocenters. The topological polar surface area (TPSA) is 118 Å². The Labute approximate surface area is 171 Å². The Hall–Kier alpha value is -3.91. The molecule has 0 saturated carbocycles. The molecule has 152 valence electrons. The number of nitro benzene ring substituents is 1. The molecular weight excluding hydrogens is 386 g/mol. The molecule has 0 spiro atoms. The van der Waals surface area contributed by atoms with Crippen molar-refractivity contribution in [1.82, 2.24) is 4.57 Å². The minimum absolute atomic E-state index is 0.0254. The second-order valence-electron chi connectivity index (χ2n) is 7.00. The zero-order valence-corrected chi connectivity index (χ0v) is 15.9. The van der Waals surface area contributed by atoms with Gasteiger partial charge in [0.1, 0.15) is 0 Å². The number of nitro groups is 1. The van der Waals surface area contributed by atoms with Crippen LogP contribution in [0.15, 0.2) is 66.7 Å². The lowest BCUT2D eigenvalue weighted by molar-refractivity contribution is -0.384. The van der Waals surface area contributed by atoms with Crippen molar-refractivity contribution in [2.45, 2.75) is 12.6 Å². The Balaban J connectivity index is 1.57. The van der Waals surface area contributed by atoms with Crippen LogP contribution in [0.2, 0.25) is 0 Å². The quantitative estimate of drug-likeness (QED) is 0.317. The Morgan fingerprint density at radius 2 is 1.73 bits per heavy atom. The van der Waals surface area contributed by atoms with Crippen LogP contribution in [-0.4, -0.2) is 38.3 Å². The van der Waals surface area contributed by atoms with Gasteiger partial charge in [-0.15, -0.1) is 0 Å². The number of aromatic carboxylic acids is 1. The molecule has 0 saturated heterocycles. The van der Waals surface area contributed by atoms with Crippen molar-refractivity contribution in [2.75, 3.05) is 11.9 Å².